The molecule has 1 aromatic rings. The molecule has 0 heterocycles. The molecule has 0 spiro atoms. The van der Waals surface area contributed by atoms with Crippen molar-refractivity contribution in [3.63, 3.8) is 0 Å². The zero-order chi connectivity index (χ0) is 12.0. The lowest BCUT2D eigenvalue weighted by Crippen LogP contribution is -2.12. The first-order chi connectivity index (χ1) is 7.63. The Balaban J connectivity index is 2.76. The second-order valence-electron chi connectivity index (χ2n) is 4.05. The van der Waals surface area contributed by atoms with Crippen molar-refractivity contribution in [2.45, 2.75) is 33.1 Å². The van der Waals surface area contributed by atoms with Crippen LogP contribution in [0.15, 0.2) is 18.2 Å². The predicted octanol–water partition coefficient (Wildman–Crippen LogP) is 2.23. The molecule has 1 amide bonds. The summed E-state index contributed by atoms with van der Waals surface area (Å²) < 4.78 is 0. The van der Waals surface area contributed by atoms with Crippen molar-refractivity contribution in [2.75, 3.05) is 11.9 Å². The molecule has 3 heteroatoms. The average Bonchev–Trinajstić information content (AvgIpc) is 2.24. The molecule has 0 unspecified atom stereocenters. The number of aryl methyl sites for hydroxylation is 2. The lowest BCUT2D eigenvalue weighted by Gasteiger charge is -2.11. The molecule has 1 aromatic carbocycles. The lowest BCUT2D eigenvalue weighted by atomic mass is 10.0. The highest BCUT2D eigenvalue weighted by atomic mass is 16.1. The first kappa shape index (κ1) is 12.6. The van der Waals surface area contributed by atoms with E-state index in [0.29, 0.717) is 12.8 Å². The van der Waals surface area contributed by atoms with Gasteiger partial charge in [-0.1, -0.05) is 19.1 Å². The van der Waals surface area contributed by atoms with E-state index in [4.69, 9.17) is 5.73 Å². The van der Waals surface area contributed by atoms with Gasteiger partial charge < -0.3 is 11.1 Å². The minimum atomic E-state index is -0.248. The average molecular weight is 220 g/mol. The second-order valence-corrected chi connectivity index (χ2v) is 4.05. The van der Waals surface area contributed by atoms with E-state index in [-0.39, 0.29) is 5.91 Å². The second kappa shape index (κ2) is 6.16. The number of carbonyl (C=O) groups is 1. The molecule has 0 aliphatic heterocycles. The normalized spacial score (nSPS) is 10.1. The molecule has 16 heavy (non-hydrogen) atoms. The summed E-state index contributed by atoms with van der Waals surface area (Å²) in [5.74, 6) is -0.248. The van der Waals surface area contributed by atoms with Gasteiger partial charge in [-0.2, -0.15) is 0 Å². The topological polar surface area (TPSA) is 55.1 Å². The Kier molecular flexibility index (Phi) is 4.83. The molecule has 0 fully saturated rings. The number of benzene rings is 1. The van der Waals surface area contributed by atoms with Crippen molar-refractivity contribution in [1.82, 2.24) is 0 Å². The number of carbonyl (C=O) groups excluding carboxylic acids is 1. The summed E-state index contributed by atoms with van der Waals surface area (Å²) in [4.78, 5) is 10.8. The number of primary amides is 1. The molecule has 3 nitrogen and oxygen atoms in total. The Morgan fingerprint density at radius 2 is 2.19 bits per heavy atom. The molecule has 0 bridgehead atoms. The van der Waals surface area contributed by atoms with Gasteiger partial charge in [0, 0.05) is 18.7 Å². The Morgan fingerprint density at radius 3 is 2.81 bits per heavy atom. The molecule has 0 aliphatic carbocycles. The third-order valence-corrected chi connectivity index (χ3v) is 2.47. The molecule has 0 saturated heterocycles. The van der Waals surface area contributed by atoms with Crippen molar-refractivity contribution >= 4 is 11.6 Å². The van der Waals surface area contributed by atoms with Crippen LogP contribution >= 0.6 is 0 Å². The third kappa shape index (κ3) is 3.93. The standard InChI is InChI=1S/C13H20N2O/c1-3-8-15-12-9-10(2)4-5-11(12)6-7-13(14)16/h4-5,9,15H,3,6-8H2,1-2H3,(H2,14,16). The van der Waals surface area contributed by atoms with Crippen molar-refractivity contribution in [2.24, 2.45) is 5.73 Å². The molecule has 0 atom stereocenters. The first-order valence-electron chi connectivity index (χ1n) is 5.75. The number of anilines is 1. The van der Waals surface area contributed by atoms with Crippen LogP contribution in [-0.2, 0) is 11.2 Å². The molecule has 3 N–H and O–H groups in total. The van der Waals surface area contributed by atoms with E-state index in [9.17, 15) is 4.79 Å². The summed E-state index contributed by atoms with van der Waals surface area (Å²) in [6.07, 6.45) is 2.20. The Morgan fingerprint density at radius 1 is 1.44 bits per heavy atom. The van der Waals surface area contributed by atoms with Crippen LogP contribution in [0.5, 0.6) is 0 Å². The molecule has 0 saturated carbocycles. The van der Waals surface area contributed by atoms with E-state index in [1.165, 1.54) is 5.56 Å². The van der Waals surface area contributed by atoms with Gasteiger partial charge in [0.15, 0.2) is 0 Å². The summed E-state index contributed by atoms with van der Waals surface area (Å²) in [7, 11) is 0. The molecular weight excluding hydrogens is 200 g/mol. The van der Waals surface area contributed by atoms with Crippen molar-refractivity contribution in [3.05, 3.63) is 29.3 Å². The van der Waals surface area contributed by atoms with E-state index < -0.39 is 0 Å². The van der Waals surface area contributed by atoms with Gasteiger partial charge in [-0.15, -0.1) is 0 Å². The third-order valence-electron chi connectivity index (χ3n) is 2.47. The molecular formula is C13H20N2O. The fraction of sp³-hybridized carbons (Fsp3) is 0.462. The van der Waals surface area contributed by atoms with Gasteiger partial charge in [-0.05, 0) is 37.0 Å². The van der Waals surface area contributed by atoms with Gasteiger partial charge in [0.1, 0.15) is 0 Å². The monoisotopic (exact) mass is 220 g/mol. The van der Waals surface area contributed by atoms with Crippen LogP contribution in [0, 0.1) is 6.92 Å². The first-order valence-corrected chi connectivity index (χ1v) is 5.75. The lowest BCUT2D eigenvalue weighted by molar-refractivity contribution is -0.117. The predicted molar refractivity (Wildman–Crippen MR) is 67.5 cm³/mol. The summed E-state index contributed by atoms with van der Waals surface area (Å²) in [6, 6.07) is 6.25. The summed E-state index contributed by atoms with van der Waals surface area (Å²) >= 11 is 0. The Hall–Kier alpha value is -1.51. The number of amides is 1. The van der Waals surface area contributed by atoms with Gasteiger partial charge in [-0.25, -0.2) is 0 Å². The van der Waals surface area contributed by atoms with Gasteiger partial charge >= 0.3 is 0 Å². The summed E-state index contributed by atoms with van der Waals surface area (Å²) in [6.45, 7) is 5.15. The summed E-state index contributed by atoms with van der Waals surface area (Å²) in [5.41, 5.74) is 8.68. The maximum Gasteiger partial charge on any atom is 0.217 e. The van der Waals surface area contributed by atoms with Crippen LogP contribution in [0.2, 0.25) is 0 Å². The minimum Gasteiger partial charge on any atom is -0.385 e. The maximum absolute atomic E-state index is 10.8. The fourth-order valence-corrected chi connectivity index (χ4v) is 1.59. The van der Waals surface area contributed by atoms with Crippen LogP contribution in [0.1, 0.15) is 30.9 Å². The molecule has 1 rings (SSSR count). The smallest absolute Gasteiger partial charge is 0.217 e. The summed E-state index contributed by atoms with van der Waals surface area (Å²) in [5, 5.41) is 3.38. The van der Waals surface area contributed by atoms with Crippen LogP contribution in [0.25, 0.3) is 0 Å². The molecule has 0 aliphatic rings. The SMILES string of the molecule is CCCNc1cc(C)ccc1CCC(N)=O. The van der Waals surface area contributed by atoms with Crippen LogP contribution in [0.4, 0.5) is 5.69 Å². The maximum atomic E-state index is 10.8. The Labute approximate surface area is 97.0 Å². The number of rotatable bonds is 6. The van der Waals surface area contributed by atoms with E-state index in [1.807, 2.05) is 0 Å². The Bertz CT molecular complexity index is 361. The zero-order valence-electron chi connectivity index (χ0n) is 10.0. The number of hydrogen-bond donors (Lipinski definition) is 2. The van der Waals surface area contributed by atoms with Crippen molar-refractivity contribution in [1.29, 1.82) is 0 Å². The highest BCUT2D eigenvalue weighted by Gasteiger charge is 2.04. The van der Waals surface area contributed by atoms with E-state index >= 15 is 0 Å². The highest BCUT2D eigenvalue weighted by molar-refractivity contribution is 5.74. The largest absolute Gasteiger partial charge is 0.385 e. The number of nitrogens with one attached hydrogen (secondary N) is 1. The van der Waals surface area contributed by atoms with Gasteiger partial charge in [-0.3, -0.25) is 4.79 Å². The fourth-order valence-electron chi connectivity index (χ4n) is 1.59. The molecule has 0 radical (unpaired) electrons. The van der Waals surface area contributed by atoms with E-state index in [0.717, 1.165) is 24.2 Å². The van der Waals surface area contributed by atoms with Gasteiger partial charge in [0.05, 0.1) is 0 Å². The molecule has 88 valence electrons. The van der Waals surface area contributed by atoms with E-state index in [2.05, 4.69) is 37.4 Å². The van der Waals surface area contributed by atoms with Crippen LogP contribution in [-0.4, -0.2) is 12.5 Å². The minimum absolute atomic E-state index is 0.248. The van der Waals surface area contributed by atoms with E-state index in [1.54, 1.807) is 0 Å². The number of nitrogens with two attached hydrogens (primary N) is 1. The van der Waals surface area contributed by atoms with Crippen molar-refractivity contribution in [3.8, 4) is 0 Å². The van der Waals surface area contributed by atoms with Gasteiger partial charge in [0.2, 0.25) is 5.91 Å². The number of hydrogen-bond acceptors (Lipinski definition) is 2. The van der Waals surface area contributed by atoms with Crippen LogP contribution in [0.3, 0.4) is 0 Å². The van der Waals surface area contributed by atoms with Crippen molar-refractivity contribution < 1.29 is 4.79 Å². The zero-order valence-corrected chi connectivity index (χ0v) is 10.0. The van der Waals surface area contributed by atoms with Gasteiger partial charge in [0.25, 0.3) is 0 Å². The highest BCUT2D eigenvalue weighted by Crippen LogP contribution is 2.19. The molecule has 0 aromatic heterocycles. The van der Waals surface area contributed by atoms with Crippen LogP contribution < -0.4 is 11.1 Å². The quantitative estimate of drug-likeness (QED) is 0.772.